The first-order valence-corrected chi connectivity index (χ1v) is 4.93. The van der Waals surface area contributed by atoms with E-state index in [1.54, 1.807) is 0 Å². The van der Waals surface area contributed by atoms with Gasteiger partial charge >= 0.3 is 0 Å². The first-order chi connectivity index (χ1) is 5.83. The zero-order chi connectivity index (χ0) is 8.44. The van der Waals surface area contributed by atoms with E-state index in [1.165, 1.54) is 6.42 Å². The van der Waals surface area contributed by atoms with Gasteiger partial charge in [-0.15, -0.1) is 0 Å². The normalized spacial score (nSPS) is 28.5. The zero-order valence-electron chi connectivity index (χ0n) is 7.44. The number of nitrogens with one attached hydrogen (secondary N) is 1. The van der Waals surface area contributed by atoms with Crippen LogP contribution in [-0.4, -0.2) is 12.5 Å². The predicted molar refractivity (Wildman–Crippen MR) is 47.4 cm³/mol. The summed E-state index contributed by atoms with van der Waals surface area (Å²) in [4.78, 5) is 11.6. The molecule has 1 aliphatic heterocycles. The molecule has 0 aromatic heterocycles. The van der Waals surface area contributed by atoms with Crippen molar-refractivity contribution in [3.8, 4) is 0 Å². The highest BCUT2D eigenvalue weighted by atomic mass is 16.2. The van der Waals surface area contributed by atoms with Gasteiger partial charge in [-0.2, -0.15) is 0 Å². The van der Waals surface area contributed by atoms with Crippen molar-refractivity contribution in [3.05, 3.63) is 6.42 Å². The van der Waals surface area contributed by atoms with Crippen LogP contribution in [0.5, 0.6) is 0 Å². The number of hydrogen-bond donors (Lipinski definition) is 1. The summed E-state index contributed by atoms with van der Waals surface area (Å²) in [7, 11) is 0. The van der Waals surface area contributed by atoms with Crippen molar-refractivity contribution in [2.75, 3.05) is 6.54 Å². The van der Waals surface area contributed by atoms with Crippen LogP contribution in [0.3, 0.4) is 0 Å². The number of carbonyl (C=O) groups excluding carboxylic acids is 1. The molecule has 2 aliphatic rings. The van der Waals surface area contributed by atoms with Crippen LogP contribution in [-0.2, 0) is 4.79 Å². The van der Waals surface area contributed by atoms with Gasteiger partial charge in [0.2, 0.25) is 5.91 Å². The molecule has 1 heterocycles. The zero-order valence-corrected chi connectivity index (χ0v) is 7.44. The fourth-order valence-electron chi connectivity index (χ4n) is 2.43. The van der Waals surface area contributed by atoms with Gasteiger partial charge in [-0.25, -0.2) is 0 Å². The van der Waals surface area contributed by atoms with Gasteiger partial charge in [0.25, 0.3) is 0 Å². The Morgan fingerprint density at radius 1 is 1.25 bits per heavy atom. The summed E-state index contributed by atoms with van der Waals surface area (Å²) >= 11 is 0. The highest BCUT2D eigenvalue weighted by molar-refractivity contribution is 5.83. The Bertz CT molecular complexity index is 174. The van der Waals surface area contributed by atoms with Crippen LogP contribution in [0.1, 0.15) is 38.5 Å². The van der Waals surface area contributed by atoms with Crippen LogP contribution in [0, 0.1) is 11.8 Å². The van der Waals surface area contributed by atoms with Gasteiger partial charge in [-0.1, -0.05) is 0 Å². The van der Waals surface area contributed by atoms with Gasteiger partial charge in [0.05, 0.1) is 0 Å². The minimum Gasteiger partial charge on any atom is -0.356 e. The maximum absolute atomic E-state index is 11.6. The van der Waals surface area contributed by atoms with E-state index in [4.69, 9.17) is 0 Å². The van der Waals surface area contributed by atoms with E-state index in [2.05, 4.69) is 11.7 Å². The van der Waals surface area contributed by atoms with Crippen LogP contribution in [0.4, 0.5) is 0 Å². The molecule has 1 radical (unpaired) electrons. The quantitative estimate of drug-likeness (QED) is 0.582. The summed E-state index contributed by atoms with van der Waals surface area (Å²) in [6.07, 6.45) is 9.03. The fourth-order valence-corrected chi connectivity index (χ4v) is 2.43. The number of rotatable bonds is 0. The van der Waals surface area contributed by atoms with Crippen molar-refractivity contribution in [3.63, 3.8) is 0 Å². The molecule has 0 aromatic rings. The van der Waals surface area contributed by atoms with E-state index in [9.17, 15) is 4.79 Å². The summed E-state index contributed by atoms with van der Waals surface area (Å²) in [6.45, 7) is 0.893. The minimum absolute atomic E-state index is 0.0347. The molecule has 12 heavy (non-hydrogen) atoms. The van der Waals surface area contributed by atoms with Crippen molar-refractivity contribution >= 4 is 5.91 Å². The lowest BCUT2D eigenvalue weighted by Crippen LogP contribution is -2.46. The van der Waals surface area contributed by atoms with Gasteiger partial charge in [-0.3, -0.25) is 4.79 Å². The third-order valence-electron chi connectivity index (χ3n) is 3.25. The number of piperidine rings is 1. The SMILES string of the molecule is O=C1NCCCC12CC[CH]CC2. The van der Waals surface area contributed by atoms with E-state index < -0.39 is 0 Å². The smallest absolute Gasteiger partial charge is 0.226 e. The second-order valence-electron chi connectivity index (χ2n) is 4.01. The molecule has 2 rings (SSSR count). The van der Waals surface area contributed by atoms with Crippen molar-refractivity contribution < 1.29 is 4.79 Å². The molecule has 0 unspecified atom stereocenters. The average Bonchev–Trinajstić information content (AvgIpc) is 2.12. The summed E-state index contributed by atoms with van der Waals surface area (Å²) in [5.74, 6) is 0.321. The maximum Gasteiger partial charge on any atom is 0.226 e. The monoisotopic (exact) mass is 166 g/mol. The van der Waals surface area contributed by atoms with Crippen LogP contribution in [0.2, 0.25) is 0 Å². The second kappa shape index (κ2) is 3.08. The van der Waals surface area contributed by atoms with Crippen molar-refractivity contribution in [2.24, 2.45) is 5.41 Å². The maximum atomic E-state index is 11.6. The standard InChI is InChI=1S/C10H16NO/c12-9-10(7-4-8-11-9)5-2-1-3-6-10/h1H,2-8H2,(H,11,12). The Morgan fingerprint density at radius 3 is 2.67 bits per heavy atom. The molecule has 0 aromatic carbocycles. The van der Waals surface area contributed by atoms with Crippen LogP contribution >= 0.6 is 0 Å². The van der Waals surface area contributed by atoms with Crippen LogP contribution < -0.4 is 5.32 Å². The van der Waals surface area contributed by atoms with Gasteiger partial charge in [0.15, 0.2) is 0 Å². The molecule has 2 fully saturated rings. The number of amides is 1. The molecule has 1 N–H and O–H groups in total. The van der Waals surface area contributed by atoms with Crippen molar-refractivity contribution in [2.45, 2.75) is 38.5 Å². The third-order valence-corrected chi connectivity index (χ3v) is 3.25. The minimum atomic E-state index is 0.0347. The molecule has 1 saturated carbocycles. The van der Waals surface area contributed by atoms with Gasteiger partial charge in [0.1, 0.15) is 0 Å². The lowest BCUT2D eigenvalue weighted by Gasteiger charge is -2.38. The van der Waals surface area contributed by atoms with Crippen LogP contribution in [0.15, 0.2) is 0 Å². The largest absolute Gasteiger partial charge is 0.356 e. The Balaban J connectivity index is 2.09. The molecule has 0 bridgehead atoms. The molecule has 2 heteroatoms. The first kappa shape index (κ1) is 8.09. The van der Waals surface area contributed by atoms with E-state index in [1.807, 2.05) is 0 Å². The van der Waals surface area contributed by atoms with E-state index in [-0.39, 0.29) is 5.41 Å². The highest BCUT2D eigenvalue weighted by Gasteiger charge is 2.40. The molecule has 1 spiro atoms. The topological polar surface area (TPSA) is 29.1 Å². The Morgan fingerprint density at radius 2 is 2.00 bits per heavy atom. The average molecular weight is 166 g/mol. The lowest BCUT2D eigenvalue weighted by molar-refractivity contribution is -0.135. The van der Waals surface area contributed by atoms with Gasteiger partial charge in [0, 0.05) is 12.0 Å². The first-order valence-electron chi connectivity index (χ1n) is 4.93. The molecule has 1 saturated heterocycles. The highest BCUT2D eigenvalue weighted by Crippen LogP contribution is 2.41. The van der Waals surface area contributed by atoms with E-state index in [0.717, 1.165) is 38.6 Å². The van der Waals surface area contributed by atoms with Gasteiger partial charge < -0.3 is 5.32 Å². The van der Waals surface area contributed by atoms with Crippen molar-refractivity contribution in [1.82, 2.24) is 5.32 Å². The summed E-state index contributed by atoms with van der Waals surface area (Å²) in [5, 5.41) is 2.99. The lowest BCUT2D eigenvalue weighted by atomic mass is 9.69. The van der Waals surface area contributed by atoms with Crippen LogP contribution in [0.25, 0.3) is 0 Å². The van der Waals surface area contributed by atoms with E-state index in [0.29, 0.717) is 5.91 Å². The molecular formula is C10H16NO. The fraction of sp³-hybridized carbons (Fsp3) is 0.800. The molecular weight excluding hydrogens is 150 g/mol. The molecule has 67 valence electrons. The molecule has 2 nitrogen and oxygen atoms in total. The summed E-state index contributed by atoms with van der Waals surface area (Å²) in [5.41, 5.74) is 0.0347. The Kier molecular flexibility index (Phi) is 2.07. The third kappa shape index (κ3) is 1.23. The Labute approximate surface area is 73.7 Å². The van der Waals surface area contributed by atoms with E-state index >= 15 is 0 Å². The summed E-state index contributed by atoms with van der Waals surface area (Å²) in [6, 6.07) is 0. The molecule has 1 aliphatic carbocycles. The Hall–Kier alpha value is -0.530. The van der Waals surface area contributed by atoms with Gasteiger partial charge in [-0.05, 0) is 44.9 Å². The molecule has 1 amide bonds. The number of carbonyl (C=O) groups is 1. The van der Waals surface area contributed by atoms with Crippen molar-refractivity contribution in [1.29, 1.82) is 0 Å². The second-order valence-corrected chi connectivity index (χ2v) is 4.01. The number of hydrogen-bond acceptors (Lipinski definition) is 1. The predicted octanol–water partition coefficient (Wildman–Crippen LogP) is 1.66. The molecule has 0 atom stereocenters. The summed E-state index contributed by atoms with van der Waals surface area (Å²) < 4.78 is 0.